The zero-order valence-electron chi connectivity index (χ0n) is 12.6. The molecule has 1 N–H and O–H groups in total. The summed E-state index contributed by atoms with van der Waals surface area (Å²) < 4.78 is 2.13. The van der Waals surface area contributed by atoms with Gasteiger partial charge in [-0.25, -0.2) is 4.98 Å². The maximum absolute atomic E-state index is 9.34. The second-order valence-corrected chi connectivity index (χ2v) is 5.67. The summed E-state index contributed by atoms with van der Waals surface area (Å²) in [7, 11) is 2.16. The summed E-state index contributed by atoms with van der Waals surface area (Å²) in [6.07, 6.45) is 5.19. The van der Waals surface area contributed by atoms with Crippen molar-refractivity contribution in [2.75, 3.05) is 38.1 Å². The summed E-state index contributed by atoms with van der Waals surface area (Å²) in [6.45, 7) is 5.97. The number of aromatic nitrogens is 2. The number of pyridine rings is 1. The normalized spacial score (nSPS) is 18.7. The van der Waals surface area contributed by atoms with Gasteiger partial charge in [0.2, 0.25) is 0 Å². The Bertz CT molecular complexity index is 639. The molecular formula is C16H22N4O. The van der Waals surface area contributed by atoms with Gasteiger partial charge in [-0.15, -0.1) is 0 Å². The van der Waals surface area contributed by atoms with Gasteiger partial charge in [0, 0.05) is 32.4 Å². The fourth-order valence-electron chi connectivity index (χ4n) is 2.63. The van der Waals surface area contributed by atoms with Crippen molar-refractivity contribution in [3.63, 3.8) is 0 Å². The first kappa shape index (κ1) is 14.1. The highest BCUT2D eigenvalue weighted by Gasteiger charge is 2.16. The number of hydrogen-bond acceptors (Lipinski definition) is 4. The standard InChI is InChI=1S/C16H22N4O/c1-13(21)6-7-14-12-20-15(17-14)4-3-5-16(20)19-10-8-18(2)9-11-19/h3-7,12-13,21H,8-11H2,1-2H3/b7-6+. The molecule has 0 aromatic carbocycles. The lowest BCUT2D eigenvalue weighted by atomic mass is 10.3. The summed E-state index contributed by atoms with van der Waals surface area (Å²) >= 11 is 0. The minimum absolute atomic E-state index is 0.452. The molecule has 5 nitrogen and oxygen atoms in total. The Morgan fingerprint density at radius 1 is 1.24 bits per heavy atom. The molecule has 2 aromatic heterocycles. The Balaban J connectivity index is 1.92. The maximum Gasteiger partial charge on any atom is 0.138 e. The molecule has 0 radical (unpaired) electrons. The molecule has 0 aliphatic carbocycles. The molecule has 1 aliphatic heterocycles. The van der Waals surface area contributed by atoms with Crippen molar-refractivity contribution in [2.24, 2.45) is 0 Å². The molecule has 3 rings (SSSR count). The fraction of sp³-hybridized carbons (Fsp3) is 0.438. The van der Waals surface area contributed by atoms with E-state index >= 15 is 0 Å². The quantitative estimate of drug-likeness (QED) is 0.928. The van der Waals surface area contributed by atoms with Crippen LogP contribution in [0.4, 0.5) is 5.82 Å². The Labute approximate surface area is 125 Å². The van der Waals surface area contributed by atoms with E-state index in [1.807, 2.05) is 18.3 Å². The molecule has 5 heteroatoms. The van der Waals surface area contributed by atoms with Gasteiger partial charge in [0.1, 0.15) is 11.5 Å². The monoisotopic (exact) mass is 286 g/mol. The Kier molecular flexibility index (Phi) is 3.94. The maximum atomic E-state index is 9.34. The Morgan fingerprint density at radius 2 is 2.00 bits per heavy atom. The van der Waals surface area contributed by atoms with Crippen LogP contribution in [-0.2, 0) is 0 Å². The number of piperazine rings is 1. The molecule has 21 heavy (non-hydrogen) atoms. The molecule has 0 bridgehead atoms. The summed E-state index contributed by atoms with van der Waals surface area (Å²) in [5.41, 5.74) is 1.81. The number of rotatable bonds is 3. The van der Waals surface area contributed by atoms with Crippen LogP contribution in [0.25, 0.3) is 11.7 Å². The molecular weight excluding hydrogens is 264 g/mol. The molecule has 1 saturated heterocycles. The molecule has 112 valence electrons. The second-order valence-electron chi connectivity index (χ2n) is 5.67. The van der Waals surface area contributed by atoms with Crippen LogP contribution in [0.15, 0.2) is 30.5 Å². The second kappa shape index (κ2) is 5.87. The predicted molar refractivity (Wildman–Crippen MR) is 85.6 cm³/mol. The van der Waals surface area contributed by atoms with E-state index in [9.17, 15) is 5.11 Å². The van der Waals surface area contributed by atoms with Crippen molar-refractivity contribution in [1.82, 2.24) is 14.3 Å². The summed E-state index contributed by atoms with van der Waals surface area (Å²) in [5.74, 6) is 1.18. The van der Waals surface area contributed by atoms with Gasteiger partial charge in [0.25, 0.3) is 0 Å². The third kappa shape index (κ3) is 3.09. The van der Waals surface area contributed by atoms with Gasteiger partial charge in [-0.1, -0.05) is 12.1 Å². The van der Waals surface area contributed by atoms with Crippen LogP contribution in [0.3, 0.4) is 0 Å². The van der Waals surface area contributed by atoms with Crippen LogP contribution < -0.4 is 4.90 Å². The number of fused-ring (bicyclic) bond motifs is 1. The van der Waals surface area contributed by atoms with Crippen LogP contribution in [0.5, 0.6) is 0 Å². The van der Waals surface area contributed by atoms with E-state index in [0.717, 1.165) is 37.5 Å². The molecule has 1 unspecified atom stereocenters. The first-order valence-corrected chi connectivity index (χ1v) is 7.41. The van der Waals surface area contributed by atoms with Crippen LogP contribution in [-0.4, -0.2) is 58.7 Å². The van der Waals surface area contributed by atoms with Crippen molar-refractivity contribution in [3.05, 3.63) is 36.2 Å². The first-order chi connectivity index (χ1) is 10.1. The zero-order valence-corrected chi connectivity index (χ0v) is 12.6. The van der Waals surface area contributed by atoms with E-state index < -0.39 is 6.10 Å². The average Bonchev–Trinajstić information content (AvgIpc) is 2.89. The van der Waals surface area contributed by atoms with Crippen molar-refractivity contribution in [3.8, 4) is 0 Å². The number of likely N-dealkylation sites (N-methyl/N-ethyl adjacent to an activating group) is 1. The SMILES string of the molecule is CC(O)/C=C/c1cn2c(N3CCN(C)CC3)cccc2n1. The molecule has 0 saturated carbocycles. The minimum Gasteiger partial charge on any atom is -0.389 e. The lowest BCUT2D eigenvalue weighted by Crippen LogP contribution is -2.45. The average molecular weight is 286 g/mol. The molecule has 0 amide bonds. The van der Waals surface area contributed by atoms with E-state index in [1.54, 1.807) is 13.0 Å². The van der Waals surface area contributed by atoms with Gasteiger partial charge >= 0.3 is 0 Å². The number of nitrogens with zero attached hydrogens (tertiary/aromatic N) is 4. The zero-order chi connectivity index (χ0) is 14.8. The molecule has 1 atom stereocenters. The lowest BCUT2D eigenvalue weighted by Gasteiger charge is -2.34. The van der Waals surface area contributed by atoms with Crippen molar-refractivity contribution >= 4 is 17.5 Å². The lowest BCUT2D eigenvalue weighted by molar-refractivity contribution is 0.245. The van der Waals surface area contributed by atoms with Gasteiger partial charge in [-0.2, -0.15) is 0 Å². The summed E-state index contributed by atoms with van der Waals surface area (Å²) in [5, 5.41) is 9.34. The van der Waals surface area contributed by atoms with E-state index in [2.05, 4.69) is 38.4 Å². The van der Waals surface area contributed by atoms with E-state index in [1.165, 1.54) is 5.82 Å². The summed E-state index contributed by atoms with van der Waals surface area (Å²) in [6, 6.07) is 6.21. The number of imidazole rings is 1. The number of anilines is 1. The van der Waals surface area contributed by atoms with Crippen LogP contribution in [0, 0.1) is 0 Å². The number of hydrogen-bond donors (Lipinski definition) is 1. The van der Waals surface area contributed by atoms with Crippen molar-refractivity contribution < 1.29 is 5.11 Å². The molecule has 1 aliphatic rings. The van der Waals surface area contributed by atoms with E-state index in [-0.39, 0.29) is 0 Å². The van der Waals surface area contributed by atoms with Gasteiger partial charge in [-0.3, -0.25) is 4.40 Å². The van der Waals surface area contributed by atoms with Crippen molar-refractivity contribution in [1.29, 1.82) is 0 Å². The summed E-state index contributed by atoms with van der Waals surface area (Å²) in [4.78, 5) is 9.33. The largest absolute Gasteiger partial charge is 0.389 e. The molecule has 3 heterocycles. The molecule has 1 fully saturated rings. The highest BCUT2D eigenvalue weighted by Crippen LogP contribution is 2.19. The highest BCUT2D eigenvalue weighted by molar-refractivity contribution is 5.57. The number of aliphatic hydroxyl groups is 1. The van der Waals surface area contributed by atoms with Gasteiger partial charge in [0.05, 0.1) is 11.8 Å². The van der Waals surface area contributed by atoms with Crippen LogP contribution in [0.1, 0.15) is 12.6 Å². The third-order valence-corrected chi connectivity index (χ3v) is 3.86. The third-order valence-electron chi connectivity index (χ3n) is 3.86. The highest BCUT2D eigenvalue weighted by atomic mass is 16.3. The van der Waals surface area contributed by atoms with Crippen LogP contribution >= 0.6 is 0 Å². The smallest absolute Gasteiger partial charge is 0.138 e. The van der Waals surface area contributed by atoms with Crippen molar-refractivity contribution in [2.45, 2.75) is 13.0 Å². The predicted octanol–water partition coefficient (Wildman–Crippen LogP) is 1.48. The minimum atomic E-state index is -0.452. The Morgan fingerprint density at radius 3 is 2.71 bits per heavy atom. The van der Waals surface area contributed by atoms with E-state index in [0.29, 0.717) is 0 Å². The molecule has 2 aromatic rings. The Hall–Kier alpha value is -1.85. The topological polar surface area (TPSA) is 44.0 Å². The number of aliphatic hydroxyl groups excluding tert-OH is 1. The van der Waals surface area contributed by atoms with Gasteiger partial charge < -0.3 is 14.9 Å². The molecule has 0 spiro atoms. The van der Waals surface area contributed by atoms with Gasteiger partial charge in [0.15, 0.2) is 0 Å². The first-order valence-electron chi connectivity index (χ1n) is 7.41. The van der Waals surface area contributed by atoms with E-state index in [4.69, 9.17) is 0 Å². The van der Waals surface area contributed by atoms with Crippen LogP contribution in [0.2, 0.25) is 0 Å². The fourth-order valence-corrected chi connectivity index (χ4v) is 2.63. The van der Waals surface area contributed by atoms with Gasteiger partial charge in [-0.05, 0) is 32.2 Å².